The first-order chi connectivity index (χ1) is 9.43. The molecular weight excluding hydrogens is 232 g/mol. The predicted octanol–water partition coefficient (Wildman–Crippen LogP) is 3.53. The van der Waals surface area contributed by atoms with Crippen molar-refractivity contribution < 1.29 is 0 Å². The second kappa shape index (κ2) is 5.98. The third kappa shape index (κ3) is 3.02. The molecule has 0 spiro atoms. The van der Waals surface area contributed by atoms with E-state index in [0.717, 1.165) is 6.54 Å². The van der Waals surface area contributed by atoms with Gasteiger partial charge in [0.25, 0.3) is 0 Å². The Kier molecular flexibility index (Phi) is 3.89. The molecule has 1 radical (unpaired) electrons. The van der Waals surface area contributed by atoms with E-state index in [0.29, 0.717) is 0 Å². The first-order valence-corrected chi connectivity index (χ1v) is 7.06. The van der Waals surface area contributed by atoms with Gasteiger partial charge >= 0.3 is 0 Å². The van der Waals surface area contributed by atoms with Crippen molar-refractivity contribution in [3.05, 3.63) is 54.4 Å². The van der Waals surface area contributed by atoms with Gasteiger partial charge < -0.3 is 0 Å². The van der Waals surface area contributed by atoms with Gasteiger partial charge in [-0.2, -0.15) is 0 Å². The van der Waals surface area contributed by atoms with Crippen LogP contribution in [0.3, 0.4) is 0 Å². The summed E-state index contributed by atoms with van der Waals surface area (Å²) < 4.78 is 0. The second-order valence-electron chi connectivity index (χ2n) is 5.14. The summed E-state index contributed by atoms with van der Waals surface area (Å²) in [5.41, 5.74) is 3.74. The van der Waals surface area contributed by atoms with Crippen LogP contribution < -0.4 is 0 Å². The zero-order chi connectivity index (χ0) is 12.9. The van der Waals surface area contributed by atoms with Crippen molar-refractivity contribution in [2.45, 2.75) is 25.8 Å². The monoisotopic (exact) mass is 251 g/mol. The Bertz CT molecular complexity index is 516. The minimum absolute atomic E-state index is 1.01. The number of hydrogen-bond donors (Lipinski definition) is 0. The minimum Gasteiger partial charge on any atom is -0.299 e. The van der Waals surface area contributed by atoms with Crippen LogP contribution in [0, 0.1) is 6.07 Å². The first-order valence-electron chi connectivity index (χ1n) is 7.06. The zero-order valence-corrected chi connectivity index (χ0v) is 11.2. The van der Waals surface area contributed by atoms with Gasteiger partial charge in [-0.25, -0.2) is 0 Å². The van der Waals surface area contributed by atoms with Crippen molar-refractivity contribution in [2.75, 3.05) is 13.1 Å². The topological polar surface area (TPSA) is 16.1 Å². The number of benzene rings is 1. The Labute approximate surface area is 115 Å². The third-order valence-corrected chi connectivity index (χ3v) is 3.74. The molecule has 1 fully saturated rings. The van der Waals surface area contributed by atoms with Crippen LogP contribution in [0.5, 0.6) is 0 Å². The number of pyridine rings is 1. The predicted molar refractivity (Wildman–Crippen MR) is 77.6 cm³/mol. The molecule has 1 saturated heterocycles. The van der Waals surface area contributed by atoms with Gasteiger partial charge in [0.05, 0.1) is 0 Å². The van der Waals surface area contributed by atoms with Gasteiger partial charge in [0.2, 0.25) is 0 Å². The minimum atomic E-state index is 1.01. The summed E-state index contributed by atoms with van der Waals surface area (Å²) in [5.74, 6) is 0. The Balaban J connectivity index is 1.85. The number of aromatic nitrogens is 1. The normalized spacial score (nSPS) is 16.4. The molecule has 3 rings (SSSR count). The molecule has 2 heteroatoms. The smallest absolute Gasteiger partial charge is 0.0346 e. The molecule has 1 aromatic carbocycles. The van der Waals surface area contributed by atoms with Gasteiger partial charge in [0, 0.05) is 24.5 Å². The maximum Gasteiger partial charge on any atom is 0.0346 e. The Morgan fingerprint density at radius 3 is 2.79 bits per heavy atom. The molecule has 2 aromatic rings. The maximum absolute atomic E-state index is 4.22. The van der Waals surface area contributed by atoms with Crippen molar-refractivity contribution in [3.8, 4) is 11.1 Å². The van der Waals surface area contributed by atoms with E-state index >= 15 is 0 Å². The number of likely N-dealkylation sites (tertiary alicyclic amines) is 1. The fraction of sp³-hybridized carbons (Fsp3) is 0.353. The van der Waals surface area contributed by atoms with Gasteiger partial charge in [-0.15, -0.1) is 0 Å². The lowest BCUT2D eigenvalue weighted by molar-refractivity contribution is 0.221. The van der Waals surface area contributed by atoms with Crippen LogP contribution in [-0.4, -0.2) is 23.0 Å². The molecule has 0 unspecified atom stereocenters. The molecule has 0 aliphatic carbocycles. The fourth-order valence-corrected chi connectivity index (χ4v) is 2.74. The first kappa shape index (κ1) is 12.4. The number of piperidine rings is 1. The molecule has 0 atom stereocenters. The second-order valence-corrected chi connectivity index (χ2v) is 5.14. The average molecular weight is 251 g/mol. The lowest BCUT2D eigenvalue weighted by Crippen LogP contribution is -2.29. The highest BCUT2D eigenvalue weighted by Gasteiger charge is 2.13. The highest BCUT2D eigenvalue weighted by atomic mass is 15.1. The Morgan fingerprint density at radius 1 is 1.11 bits per heavy atom. The van der Waals surface area contributed by atoms with E-state index in [1.54, 1.807) is 0 Å². The van der Waals surface area contributed by atoms with Gasteiger partial charge in [-0.05, 0) is 49.2 Å². The van der Waals surface area contributed by atoms with Gasteiger partial charge in [0.15, 0.2) is 0 Å². The maximum atomic E-state index is 4.22. The van der Waals surface area contributed by atoms with E-state index in [4.69, 9.17) is 0 Å². The van der Waals surface area contributed by atoms with Crippen molar-refractivity contribution in [1.82, 2.24) is 9.88 Å². The summed E-state index contributed by atoms with van der Waals surface area (Å²) in [5, 5.41) is 0. The van der Waals surface area contributed by atoms with Crippen molar-refractivity contribution in [3.63, 3.8) is 0 Å². The summed E-state index contributed by atoms with van der Waals surface area (Å²) in [6.45, 7) is 3.44. The largest absolute Gasteiger partial charge is 0.299 e. The summed E-state index contributed by atoms with van der Waals surface area (Å²) in [4.78, 5) is 6.76. The lowest BCUT2D eigenvalue weighted by atomic mass is 10.00. The molecule has 2 heterocycles. The van der Waals surface area contributed by atoms with Crippen LogP contribution in [0.4, 0.5) is 0 Å². The molecule has 0 bridgehead atoms. The van der Waals surface area contributed by atoms with E-state index in [-0.39, 0.29) is 0 Å². The van der Waals surface area contributed by atoms with Gasteiger partial charge in [-0.3, -0.25) is 9.88 Å². The molecular formula is C17H19N2. The Morgan fingerprint density at radius 2 is 2.00 bits per heavy atom. The SMILES string of the molecule is [c]1cccc(-c2cccnc2)c1CN1CCCCC1. The van der Waals surface area contributed by atoms with Gasteiger partial charge in [-0.1, -0.05) is 30.7 Å². The number of hydrogen-bond acceptors (Lipinski definition) is 2. The summed E-state index contributed by atoms with van der Waals surface area (Å²) >= 11 is 0. The quantitative estimate of drug-likeness (QED) is 0.829. The summed E-state index contributed by atoms with van der Waals surface area (Å²) in [6.07, 6.45) is 7.79. The van der Waals surface area contributed by atoms with Crippen LogP contribution in [0.15, 0.2) is 42.7 Å². The number of nitrogens with zero attached hydrogens (tertiary/aromatic N) is 2. The average Bonchev–Trinajstić information content (AvgIpc) is 2.50. The van der Waals surface area contributed by atoms with E-state index < -0.39 is 0 Å². The van der Waals surface area contributed by atoms with Crippen LogP contribution in [0.1, 0.15) is 24.8 Å². The van der Waals surface area contributed by atoms with Crippen molar-refractivity contribution in [1.29, 1.82) is 0 Å². The molecule has 2 nitrogen and oxygen atoms in total. The van der Waals surface area contributed by atoms with Crippen molar-refractivity contribution in [2.24, 2.45) is 0 Å². The van der Waals surface area contributed by atoms with E-state index in [9.17, 15) is 0 Å². The van der Waals surface area contributed by atoms with Crippen molar-refractivity contribution >= 4 is 0 Å². The number of rotatable bonds is 3. The zero-order valence-electron chi connectivity index (χ0n) is 11.2. The van der Waals surface area contributed by atoms with Gasteiger partial charge in [0.1, 0.15) is 0 Å². The van der Waals surface area contributed by atoms with E-state index in [2.05, 4.69) is 34.1 Å². The van der Waals surface area contributed by atoms with Crippen LogP contribution in [-0.2, 0) is 6.54 Å². The third-order valence-electron chi connectivity index (χ3n) is 3.74. The van der Waals surface area contributed by atoms with Crippen LogP contribution in [0.25, 0.3) is 11.1 Å². The highest BCUT2D eigenvalue weighted by molar-refractivity contribution is 5.66. The molecule has 1 aliphatic heterocycles. The molecule has 97 valence electrons. The van der Waals surface area contributed by atoms with E-state index in [1.165, 1.54) is 49.0 Å². The molecule has 0 saturated carbocycles. The highest BCUT2D eigenvalue weighted by Crippen LogP contribution is 2.24. The summed E-state index contributed by atoms with van der Waals surface area (Å²) in [6, 6.07) is 13.8. The van der Waals surface area contributed by atoms with Crippen LogP contribution >= 0.6 is 0 Å². The Hall–Kier alpha value is -1.67. The summed E-state index contributed by atoms with van der Waals surface area (Å²) in [7, 11) is 0. The molecule has 0 N–H and O–H groups in total. The molecule has 1 aliphatic rings. The van der Waals surface area contributed by atoms with E-state index in [1.807, 2.05) is 24.5 Å². The standard InChI is InChI=1S/C17H19N2/c1-4-11-19(12-5-1)14-16-7-2-3-9-17(16)15-8-6-10-18-13-15/h2-3,6,8-10,13H,1,4-5,11-12,14H2. The lowest BCUT2D eigenvalue weighted by Gasteiger charge is -2.27. The fourth-order valence-electron chi connectivity index (χ4n) is 2.74. The molecule has 0 amide bonds. The molecule has 19 heavy (non-hydrogen) atoms. The molecule has 1 aromatic heterocycles. The van der Waals surface area contributed by atoms with Crippen LogP contribution in [0.2, 0.25) is 0 Å².